The fourth-order valence-corrected chi connectivity index (χ4v) is 4.36. The molecule has 2 saturated heterocycles. The number of amides is 3. The predicted molar refractivity (Wildman–Crippen MR) is 88.7 cm³/mol. The molecular formula is C17H25N5O3. The van der Waals surface area contributed by atoms with Crippen molar-refractivity contribution >= 4 is 11.9 Å². The van der Waals surface area contributed by atoms with Crippen LogP contribution in [0.15, 0.2) is 4.52 Å². The summed E-state index contributed by atoms with van der Waals surface area (Å²) in [4.78, 5) is 33.1. The maximum absolute atomic E-state index is 12.7. The molecule has 3 heterocycles. The third-order valence-electron chi connectivity index (χ3n) is 5.76. The highest BCUT2D eigenvalue weighted by Gasteiger charge is 2.52. The standard InChI is InChI=1S/C17H25N5O3/c1-2-13-18-14(20-25-13)12-6-5-9-21(12)10-11-22-15(23)17(19-16(22)24)7-3-4-8-17/h12H,2-11H2,1H3,(H,19,24). The van der Waals surface area contributed by atoms with E-state index in [0.29, 0.717) is 19.0 Å². The van der Waals surface area contributed by atoms with Gasteiger partial charge in [0.05, 0.1) is 6.04 Å². The summed E-state index contributed by atoms with van der Waals surface area (Å²) in [5, 5.41) is 7.04. The van der Waals surface area contributed by atoms with E-state index in [0.717, 1.165) is 57.3 Å². The molecule has 2 aliphatic heterocycles. The van der Waals surface area contributed by atoms with E-state index in [1.54, 1.807) is 0 Å². The van der Waals surface area contributed by atoms with Crippen LogP contribution in [0, 0.1) is 0 Å². The summed E-state index contributed by atoms with van der Waals surface area (Å²) < 4.78 is 5.23. The van der Waals surface area contributed by atoms with Crippen molar-refractivity contribution in [1.82, 2.24) is 25.3 Å². The van der Waals surface area contributed by atoms with Crippen molar-refractivity contribution in [2.24, 2.45) is 0 Å². The Balaban J connectivity index is 1.40. The SMILES string of the molecule is CCc1nc(C2CCCN2CCN2C(=O)NC3(CCCC3)C2=O)no1. The lowest BCUT2D eigenvalue weighted by Gasteiger charge is -2.24. The lowest BCUT2D eigenvalue weighted by Crippen LogP contribution is -2.44. The average molecular weight is 347 g/mol. The van der Waals surface area contributed by atoms with E-state index in [9.17, 15) is 9.59 Å². The third-order valence-corrected chi connectivity index (χ3v) is 5.76. The highest BCUT2D eigenvalue weighted by atomic mass is 16.5. The first-order valence-electron chi connectivity index (χ1n) is 9.33. The molecule has 3 amide bonds. The van der Waals surface area contributed by atoms with E-state index >= 15 is 0 Å². The molecule has 0 bridgehead atoms. The van der Waals surface area contributed by atoms with Gasteiger partial charge >= 0.3 is 6.03 Å². The molecule has 0 radical (unpaired) electrons. The zero-order valence-electron chi connectivity index (χ0n) is 14.7. The number of rotatable bonds is 5. The van der Waals surface area contributed by atoms with Crippen molar-refractivity contribution in [2.45, 2.75) is 63.5 Å². The second-order valence-electron chi connectivity index (χ2n) is 7.27. The van der Waals surface area contributed by atoms with Gasteiger partial charge in [0, 0.05) is 19.5 Å². The van der Waals surface area contributed by atoms with Crippen molar-refractivity contribution < 1.29 is 14.1 Å². The average Bonchev–Trinajstić information content (AvgIpc) is 3.37. The largest absolute Gasteiger partial charge is 0.339 e. The number of likely N-dealkylation sites (tertiary alicyclic amines) is 1. The quantitative estimate of drug-likeness (QED) is 0.814. The van der Waals surface area contributed by atoms with Crippen LogP contribution >= 0.6 is 0 Å². The first kappa shape index (κ1) is 16.5. The summed E-state index contributed by atoms with van der Waals surface area (Å²) in [5.74, 6) is 1.33. The summed E-state index contributed by atoms with van der Waals surface area (Å²) in [5.41, 5.74) is -0.620. The minimum atomic E-state index is -0.620. The lowest BCUT2D eigenvalue weighted by atomic mass is 9.98. The Hall–Kier alpha value is -1.96. The van der Waals surface area contributed by atoms with E-state index in [1.165, 1.54) is 4.90 Å². The maximum atomic E-state index is 12.7. The minimum Gasteiger partial charge on any atom is -0.339 e. The number of aryl methyl sites for hydroxylation is 1. The van der Waals surface area contributed by atoms with E-state index < -0.39 is 5.54 Å². The Morgan fingerprint density at radius 3 is 2.76 bits per heavy atom. The van der Waals surface area contributed by atoms with Crippen LogP contribution in [0.3, 0.4) is 0 Å². The number of imide groups is 1. The van der Waals surface area contributed by atoms with Gasteiger partial charge in [-0.3, -0.25) is 14.6 Å². The summed E-state index contributed by atoms with van der Waals surface area (Å²) >= 11 is 0. The predicted octanol–water partition coefficient (Wildman–Crippen LogP) is 1.63. The van der Waals surface area contributed by atoms with E-state index in [1.807, 2.05) is 6.92 Å². The van der Waals surface area contributed by atoms with Gasteiger partial charge in [-0.2, -0.15) is 4.98 Å². The van der Waals surface area contributed by atoms with Crippen LogP contribution in [0.25, 0.3) is 0 Å². The topological polar surface area (TPSA) is 91.6 Å². The van der Waals surface area contributed by atoms with Crippen LogP contribution in [0.1, 0.15) is 63.2 Å². The molecule has 1 atom stereocenters. The Morgan fingerprint density at radius 1 is 1.24 bits per heavy atom. The number of nitrogens with zero attached hydrogens (tertiary/aromatic N) is 4. The Labute approximate surface area is 146 Å². The normalized spacial score (nSPS) is 26.1. The molecule has 1 saturated carbocycles. The molecule has 1 spiro atoms. The summed E-state index contributed by atoms with van der Waals surface area (Å²) in [6.07, 6.45) is 6.31. The van der Waals surface area contributed by atoms with Gasteiger partial charge in [0.15, 0.2) is 5.82 Å². The molecule has 0 aromatic carbocycles. The van der Waals surface area contributed by atoms with E-state index in [-0.39, 0.29) is 18.0 Å². The first-order chi connectivity index (χ1) is 12.1. The van der Waals surface area contributed by atoms with Crippen molar-refractivity contribution in [3.63, 3.8) is 0 Å². The number of carbonyl (C=O) groups excluding carboxylic acids is 2. The van der Waals surface area contributed by atoms with Crippen LogP contribution in [-0.2, 0) is 11.2 Å². The molecule has 1 unspecified atom stereocenters. The second-order valence-corrected chi connectivity index (χ2v) is 7.27. The highest BCUT2D eigenvalue weighted by molar-refractivity contribution is 6.07. The molecule has 1 aliphatic carbocycles. The van der Waals surface area contributed by atoms with Crippen LogP contribution in [0.4, 0.5) is 4.79 Å². The first-order valence-corrected chi connectivity index (χ1v) is 9.33. The van der Waals surface area contributed by atoms with Crippen molar-refractivity contribution in [3.05, 3.63) is 11.7 Å². The number of carbonyl (C=O) groups is 2. The molecule has 136 valence electrons. The fraction of sp³-hybridized carbons (Fsp3) is 0.765. The molecule has 4 rings (SSSR count). The second kappa shape index (κ2) is 6.40. The third kappa shape index (κ3) is 2.82. The number of nitrogens with one attached hydrogen (secondary N) is 1. The van der Waals surface area contributed by atoms with Crippen LogP contribution in [-0.4, -0.2) is 57.1 Å². The van der Waals surface area contributed by atoms with E-state index in [2.05, 4.69) is 20.4 Å². The molecule has 25 heavy (non-hydrogen) atoms. The molecule has 8 nitrogen and oxygen atoms in total. The van der Waals surface area contributed by atoms with E-state index in [4.69, 9.17) is 4.52 Å². The zero-order valence-corrected chi connectivity index (χ0v) is 14.7. The Morgan fingerprint density at radius 2 is 2.04 bits per heavy atom. The minimum absolute atomic E-state index is 0.0430. The number of hydrogen-bond donors (Lipinski definition) is 1. The monoisotopic (exact) mass is 347 g/mol. The van der Waals surface area contributed by atoms with Gasteiger partial charge in [0.1, 0.15) is 5.54 Å². The molecule has 8 heteroatoms. The van der Waals surface area contributed by atoms with Crippen LogP contribution in [0.5, 0.6) is 0 Å². The molecule has 1 aromatic rings. The van der Waals surface area contributed by atoms with Crippen LogP contribution in [0.2, 0.25) is 0 Å². The van der Waals surface area contributed by atoms with Gasteiger partial charge in [-0.25, -0.2) is 4.79 Å². The Bertz CT molecular complexity index is 667. The molecule has 1 N–H and O–H groups in total. The van der Waals surface area contributed by atoms with Crippen molar-refractivity contribution in [3.8, 4) is 0 Å². The van der Waals surface area contributed by atoms with Gasteiger partial charge < -0.3 is 9.84 Å². The molecule has 3 fully saturated rings. The Kier molecular flexibility index (Phi) is 4.23. The smallest absolute Gasteiger partial charge is 0.325 e. The summed E-state index contributed by atoms with van der Waals surface area (Å²) in [7, 11) is 0. The maximum Gasteiger partial charge on any atom is 0.325 e. The van der Waals surface area contributed by atoms with Gasteiger partial charge in [-0.1, -0.05) is 24.9 Å². The van der Waals surface area contributed by atoms with Gasteiger partial charge in [-0.05, 0) is 32.2 Å². The van der Waals surface area contributed by atoms with Gasteiger partial charge in [-0.15, -0.1) is 0 Å². The van der Waals surface area contributed by atoms with Gasteiger partial charge in [0.2, 0.25) is 5.89 Å². The zero-order chi connectivity index (χ0) is 17.4. The number of hydrogen-bond acceptors (Lipinski definition) is 6. The number of aromatic nitrogens is 2. The van der Waals surface area contributed by atoms with Gasteiger partial charge in [0.25, 0.3) is 5.91 Å². The molecular weight excluding hydrogens is 322 g/mol. The van der Waals surface area contributed by atoms with Crippen molar-refractivity contribution in [2.75, 3.05) is 19.6 Å². The summed E-state index contributed by atoms with van der Waals surface area (Å²) in [6.45, 7) is 3.98. The summed E-state index contributed by atoms with van der Waals surface area (Å²) in [6, 6.07) is -0.124. The highest BCUT2D eigenvalue weighted by Crippen LogP contribution is 2.35. The molecule has 3 aliphatic rings. The van der Waals surface area contributed by atoms with Crippen LogP contribution < -0.4 is 5.32 Å². The fourth-order valence-electron chi connectivity index (χ4n) is 4.36. The molecule has 1 aromatic heterocycles. The number of urea groups is 1. The van der Waals surface area contributed by atoms with Crippen molar-refractivity contribution in [1.29, 1.82) is 0 Å². The lowest BCUT2D eigenvalue weighted by molar-refractivity contribution is -0.131.